The first kappa shape index (κ1) is 24.2. The molecule has 2 heterocycles. The average Bonchev–Trinajstić information content (AvgIpc) is 3.37. The third-order valence-corrected chi connectivity index (χ3v) is 8.26. The number of aliphatic imine (C=N–C) groups is 1. The van der Waals surface area contributed by atoms with E-state index in [2.05, 4.69) is 20.5 Å². The van der Waals surface area contributed by atoms with Crippen molar-refractivity contribution in [3.05, 3.63) is 59.7 Å². The van der Waals surface area contributed by atoms with Gasteiger partial charge in [0.2, 0.25) is 10.0 Å². The van der Waals surface area contributed by atoms with Gasteiger partial charge in [-0.25, -0.2) is 8.42 Å². The molecule has 2 N–H and O–H groups in total. The number of nitrogens with zero attached hydrogens (tertiary/aromatic N) is 3. The molecule has 0 unspecified atom stereocenters. The van der Waals surface area contributed by atoms with Gasteiger partial charge in [-0.3, -0.25) is 9.79 Å². The van der Waals surface area contributed by atoms with Crippen molar-refractivity contribution in [3.8, 4) is 0 Å². The number of rotatable bonds is 9. The first-order valence-corrected chi connectivity index (χ1v) is 13.6. The smallest absolute Gasteiger partial charge is 0.214 e. The molecule has 2 aliphatic rings. The van der Waals surface area contributed by atoms with Crippen molar-refractivity contribution in [2.24, 2.45) is 4.99 Å². The molecule has 8 nitrogen and oxygen atoms in total. The summed E-state index contributed by atoms with van der Waals surface area (Å²) in [4.78, 5) is 19.2. The zero-order valence-electron chi connectivity index (χ0n) is 19.7. The first-order chi connectivity index (χ1) is 16.4. The van der Waals surface area contributed by atoms with Crippen LogP contribution in [0, 0.1) is 0 Å². The average molecular weight is 484 g/mol. The van der Waals surface area contributed by atoms with E-state index in [9.17, 15) is 13.2 Å². The van der Waals surface area contributed by atoms with Gasteiger partial charge in [-0.1, -0.05) is 19.1 Å². The fourth-order valence-corrected chi connectivity index (χ4v) is 5.74. The lowest BCUT2D eigenvalue weighted by Gasteiger charge is -2.35. The minimum Gasteiger partial charge on any atom is -0.369 e. The molecule has 1 saturated heterocycles. The van der Waals surface area contributed by atoms with Crippen LogP contribution in [0.1, 0.15) is 35.7 Å². The number of ketones is 1. The van der Waals surface area contributed by atoms with Gasteiger partial charge in [-0.15, -0.1) is 0 Å². The second-order valence-electron chi connectivity index (χ2n) is 8.65. The van der Waals surface area contributed by atoms with Crippen LogP contribution >= 0.6 is 0 Å². The van der Waals surface area contributed by atoms with Gasteiger partial charge in [-0.05, 0) is 54.8 Å². The molecular weight excluding hydrogens is 450 g/mol. The topological polar surface area (TPSA) is 94.1 Å². The predicted octanol–water partition coefficient (Wildman–Crippen LogP) is 2.74. The third kappa shape index (κ3) is 6.15. The minimum absolute atomic E-state index is 0.119. The molecule has 0 saturated carbocycles. The Balaban J connectivity index is 1.25. The predicted molar refractivity (Wildman–Crippen MR) is 137 cm³/mol. The maximum Gasteiger partial charge on any atom is 0.214 e. The highest BCUT2D eigenvalue weighted by molar-refractivity contribution is 7.89. The van der Waals surface area contributed by atoms with Crippen LogP contribution in [0.4, 0.5) is 11.4 Å². The molecule has 182 valence electrons. The van der Waals surface area contributed by atoms with Crippen LogP contribution in [-0.4, -0.2) is 69.5 Å². The number of sulfonamides is 1. The molecule has 4 rings (SSSR count). The van der Waals surface area contributed by atoms with Crippen LogP contribution in [0.3, 0.4) is 0 Å². The quantitative estimate of drug-likeness (QED) is 0.533. The van der Waals surface area contributed by atoms with Crippen molar-refractivity contribution in [3.63, 3.8) is 0 Å². The minimum atomic E-state index is -3.14. The zero-order chi connectivity index (χ0) is 24.0. The van der Waals surface area contributed by atoms with E-state index in [1.54, 1.807) is 4.31 Å². The Hall–Kier alpha value is -2.91. The summed E-state index contributed by atoms with van der Waals surface area (Å²) >= 11 is 0. The summed E-state index contributed by atoms with van der Waals surface area (Å²) in [6.45, 7) is 5.86. The molecule has 9 heteroatoms. The van der Waals surface area contributed by atoms with Crippen LogP contribution in [0.5, 0.6) is 0 Å². The van der Waals surface area contributed by atoms with E-state index < -0.39 is 10.0 Å². The van der Waals surface area contributed by atoms with Gasteiger partial charge in [0.25, 0.3) is 0 Å². The van der Waals surface area contributed by atoms with Crippen LogP contribution in [0.2, 0.25) is 0 Å². The largest absolute Gasteiger partial charge is 0.369 e. The molecule has 0 aromatic heterocycles. The maximum atomic E-state index is 12.7. The Morgan fingerprint density at radius 1 is 1.03 bits per heavy atom. The van der Waals surface area contributed by atoms with E-state index >= 15 is 0 Å². The Labute approximate surface area is 202 Å². The lowest BCUT2D eigenvalue weighted by Crippen LogP contribution is -2.49. The number of hydrogen-bond acceptors (Lipinski definition) is 7. The second kappa shape index (κ2) is 11.0. The number of benzene rings is 2. The van der Waals surface area contributed by atoms with E-state index in [4.69, 9.17) is 0 Å². The van der Waals surface area contributed by atoms with E-state index in [1.807, 2.05) is 55.5 Å². The van der Waals surface area contributed by atoms with Gasteiger partial charge in [0, 0.05) is 56.1 Å². The number of piperazine rings is 1. The molecule has 0 atom stereocenters. The Kier molecular flexibility index (Phi) is 7.84. The summed E-state index contributed by atoms with van der Waals surface area (Å²) in [6.07, 6.45) is 1.77. The van der Waals surface area contributed by atoms with Gasteiger partial charge >= 0.3 is 0 Å². The molecular formula is C25H33N5O3S. The Morgan fingerprint density at radius 3 is 2.35 bits per heavy atom. The highest BCUT2D eigenvalue weighted by Crippen LogP contribution is 2.20. The van der Waals surface area contributed by atoms with Crippen LogP contribution < -0.4 is 15.5 Å². The summed E-state index contributed by atoms with van der Waals surface area (Å²) in [5, 5.41) is 6.42. The highest BCUT2D eigenvalue weighted by atomic mass is 32.2. The number of carbonyl (C=O) groups is 1. The summed E-state index contributed by atoms with van der Waals surface area (Å²) in [5.41, 5.74) is 3.82. The third-order valence-electron chi connectivity index (χ3n) is 6.18. The maximum absolute atomic E-state index is 12.7. The number of Topliss-reactive ketones (excluding diaryl/α,β-unsaturated/α-hetero) is 1. The molecule has 2 aliphatic heterocycles. The van der Waals surface area contributed by atoms with Crippen LogP contribution in [-0.2, 0) is 16.4 Å². The molecule has 34 heavy (non-hydrogen) atoms. The molecule has 2 aromatic carbocycles. The van der Waals surface area contributed by atoms with Crippen LogP contribution in [0.25, 0.3) is 0 Å². The number of guanidine groups is 1. The summed E-state index contributed by atoms with van der Waals surface area (Å²) in [7, 11) is -3.14. The number of anilines is 2. The first-order valence-electron chi connectivity index (χ1n) is 11.9. The lowest BCUT2D eigenvalue weighted by molar-refractivity contribution is 0.0983. The number of carbonyl (C=O) groups excluding carboxylic acids is 1. The van der Waals surface area contributed by atoms with Crippen LogP contribution in [0.15, 0.2) is 53.5 Å². The molecule has 2 aromatic rings. The summed E-state index contributed by atoms with van der Waals surface area (Å²) in [5.74, 6) is 1.13. The van der Waals surface area contributed by atoms with Crippen molar-refractivity contribution < 1.29 is 13.2 Å². The SMILES string of the molecule is CCCS(=O)(=O)N1CCN(c2ccc(C(=O)CCc3ccc(NC4=NCCN4)cc3)cc2)CC1. The molecule has 0 aliphatic carbocycles. The summed E-state index contributed by atoms with van der Waals surface area (Å²) in [6, 6.07) is 15.8. The van der Waals surface area contributed by atoms with Crippen molar-refractivity contribution in [1.29, 1.82) is 0 Å². The number of nitrogens with one attached hydrogen (secondary N) is 2. The molecule has 1 fully saturated rings. The van der Waals surface area contributed by atoms with Gasteiger partial charge in [0.15, 0.2) is 11.7 Å². The Bertz CT molecular complexity index is 1110. The summed E-state index contributed by atoms with van der Waals surface area (Å²) < 4.78 is 26.1. The van der Waals surface area contributed by atoms with Gasteiger partial charge in [-0.2, -0.15) is 4.31 Å². The van der Waals surface area contributed by atoms with Crippen molar-refractivity contribution in [2.75, 3.05) is 55.2 Å². The fourth-order valence-electron chi connectivity index (χ4n) is 4.24. The highest BCUT2D eigenvalue weighted by Gasteiger charge is 2.26. The normalized spacial score (nSPS) is 16.7. The number of hydrogen-bond donors (Lipinski definition) is 2. The van der Waals surface area contributed by atoms with Crippen molar-refractivity contribution >= 4 is 33.1 Å². The molecule has 0 spiro atoms. The van der Waals surface area contributed by atoms with Gasteiger partial charge < -0.3 is 15.5 Å². The van der Waals surface area contributed by atoms with E-state index in [0.717, 1.165) is 36.0 Å². The lowest BCUT2D eigenvalue weighted by atomic mass is 10.0. The standard InChI is InChI=1S/C25H33N5O3S/c1-2-19-34(32,33)30-17-15-29(16-18-30)23-10-6-21(7-11-23)24(31)12-5-20-3-8-22(9-4-20)28-25-26-13-14-27-25/h3-4,6-11H,2,5,12-19H2,1H3,(H2,26,27,28). The van der Waals surface area contributed by atoms with E-state index in [0.29, 0.717) is 51.0 Å². The molecule has 0 amide bonds. The fraction of sp³-hybridized carbons (Fsp3) is 0.440. The molecule has 0 radical (unpaired) electrons. The van der Waals surface area contributed by atoms with Crippen molar-refractivity contribution in [2.45, 2.75) is 26.2 Å². The second-order valence-corrected chi connectivity index (χ2v) is 10.7. The van der Waals surface area contributed by atoms with Gasteiger partial charge in [0.05, 0.1) is 12.3 Å². The monoisotopic (exact) mass is 483 g/mol. The van der Waals surface area contributed by atoms with E-state index in [-0.39, 0.29) is 11.5 Å². The Morgan fingerprint density at radius 2 is 1.74 bits per heavy atom. The van der Waals surface area contributed by atoms with Gasteiger partial charge in [0.1, 0.15) is 0 Å². The molecule has 0 bridgehead atoms. The zero-order valence-corrected chi connectivity index (χ0v) is 20.5. The van der Waals surface area contributed by atoms with Crippen molar-refractivity contribution in [1.82, 2.24) is 9.62 Å². The number of aryl methyl sites for hydroxylation is 1. The van der Waals surface area contributed by atoms with E-state index in [1.165, 1.54) is 0 Å².